The fraction of sp³-hybridized carbons (Fsp3) is 0.737. The molecule has 1 heterocycles. The average molecular weight is 460 g/mol. The molecule has 1 saturated heterocycles. The molecule has 0 aromatic heterocycles. The lowest BCUT2D eigenvalue weighted by Gasteiger charge is -2.28. The van der Waals surface area contributed by atoms with Crippen LogP contribution in [-0.4, -0.2) is 93.7 Å². The van der Waals surface area contributed by atoms with Crippen molar-refractivity contribution in [1.82, 2.24) is 15.5 Å². The number of carboxylic acids is 2. The molecule has 0 bridgehead atoms. The molecule has 1 aliphatic rings. The summed E-state index contributed by atoms with van der Waals surface area (Å²) in [6, 6.07) is -4.55. The Morgan fingerprint density at radius 3 is 2.28 bits per heavy atom. The van der Waals surface area contributed by atoms with Gasteiger partial charge >= 0.3 is 11.9 Å². The standard InChI is InChI=1S/C19H33N5O8/c20-8-2-1-4-12(16(28)23-13(19(31)32)6-7-15(26)27)22-17(29)14-5-3-9-24(14)18(30)11(21)10-25/h11-14,25H,1-10,20-21H2,(H,22,29)(H,23,28)(H,26,27)(H,31,32). The number of nitrogens with two attached hydrogens (primary N) is 2. The number of nitrogens with zero attached hydrogens (tertiary/aromatic N) is 1. The van der Waals surface area contributed by atoms with E-state index in [1.165, 1.54) is 4.90 Å². The maximum atomic E-state index is 12.8. The molecule has 4 unspecified atom stereocenters. The van der Waals surface area contributed by atoms with Gasteiger partial charge in [-0.05, 0) is 45.1 Å². The highest BCUT2D eigenvalue weighted by Crippen LogP contribution is 2.19. The summed E-state index contributed by atoms with van der Waals surface area (Å²) in [6.45, 7) is 0.0776. The van der Waals surface area contributed by atoms with Gasteiger partial charge in [0.15, 0.2) is 0 Å². The number of aliphatic hydroxyl groups is 1. The van der Waals surface area contributed by atoms with E-state index in [1.54, 1.807) is 0 Å². The van der Waals surface area contributed by atoms with Gasteiger partial charge in [-0.25, -0.2) is 4.79 Å². The molecule has 32 heavy (non-hydrogen) atoms. The molecule has 1 aliphatic heterocycles. The SMILES string of the molecule is NCCCCC(NC(=O)C1CCCN1C(=O)C(N)CO)C(=O)NC(CCC(=O)O)C(=O)O. The van der Waals surface area contributed by atoms with Crippen molar-refractivity contribution in [2.45, 2.75) is 69.1 Å². The number of carbonyl (C=O) groups excluding carboxylic acids is 3. The third-order valence-corrected chi connectivity index (χ3v) is 5.19. The van der Waals surface area contributed by atoms with Crippen molar-refractivity contribution in [3.8, 4) is 0 Å². The van der Waals surface area contributed by atoms with Crippen LogP contribution in [0.4, 0.5) is 0 Å². The summed E-state index contributed by atoms with van der Waals surface area (Å²) in [6.07, 6.45) is 1.35. The predicted molar refractivity (Wildman–Crippen MR) is 111 cm³/mol. The molecular formula is C19H33N5O8. The molecule has 182 valence electrons. The number of hydrogen-bond donors (Lipinski definition) is 7. The van der Waals surface area contributed by atoms with Gasteiger partial charge in [0.1, 0.15) is 24.2 Å². The van der Waals surface area contributed by atoms with E-state index in [4.69, 9.17) is 21.7 Å². The maximum Gasteiger partial charge on any atom is 0.326 e. The second-order valence-corrected chi connectivity index (χ2v) is 7.66. The van der Waals surface area contributed by atoms with Crippen molar-refractivity contribution in [2.75, 3.05) is 19.7 Å². The van der Waals surface area contributed by atoms with E-state index in [2.05, 4.69) is 10.6 Å². The van der Waals surface area contributed by atoms with Crippen molar-refractivity contribution in [3.05, 3.63) is 0 Å². The molecule has 0 radical (unpaired) electrons. The topological polar surface area (TPSA) is 225 Å². The van der Waals surface area contributed by atoms with Gasteiger partial charge in [0, 0.05) is 13.0 Å². The molecule has 13 nitrogen and oxygen atoms in total. The van der Waals surface area contributed by atoms with Gasteiger partial charge < -0.3 is 42.3 Å². The number of rotatable bonds is 14. The highest BCUT2D eigenvalue weighted by atomic mass is 16.4. The largest absolute Gasteiger partial charge is 0.481 e. The van der Waals surface area contributed by atoms with Crippen molar-refractivity contribution >= 4 is 29.7 Å². The number of carboxylic acid groups (broad SMARTS) is 2. The number of nitrogens with one attached hydrogen (secondary N) is 2. The summed E-state index contributed by atoms with van der Waals surface area (Å²) in [7, 11) is 0. The van der Waals surface area contributed by atoms with Crippen LogP contribution < -0.4 is 22.1 Å². The lowest BCUT2D eigenvalue weighted by Crippen LogP contribution is -2.57. The summed E-state index contributed by atoms with van der Waals surface area (Å²) >= 11 is 0. The van der Waals surface area contributed by atoms with Gasteiger partial charge in [0.25, 0.3) is 0 Å². The van der Waals surface area contributed by atoms with Gasteiger partial charge in [0.05, 0.1) is 6.61 Å². The zero-order valence-corrected chi connectivity index (χ0v) is 17.9. The second kappa shape index (κ2) is 13.6. The fourth-order valence-electron chi connectivity index (χ4n) is 3.42. The van der Waals surface area contributed by atoms with Crippen molar-refractivity contribution in [1.29, 1.82) is 0 Å². The molecule has 0 aromatic rings. The number of aliphatic hydroxyl groups excluding tert-OH is 1. The van der Waals surface area contributed by atoms with Crippen LogP contribution in [0.15, 0.2) is 0 Å². The molecule has 1 rings (SSSR count). The van der Waals surface area contributed by atoms with Gasteiger partial charge in [-0.2, -0.15) is 0 Å². The summed E-state index contributed by atoms with van der Waals surface area (Å²) in [5.74, 6) is -4.53. The zero-order chi connectivity index (χ0) is 24.3. The minimum Gasteiger partial charge on any atom is -0.481 e. The predicted octanol–water partition coefficient (Wildman–Crippen LogP) is -2.65. The van der Waals surface area contributed by atoms with E-state index in [9.17, 15) is 29.1 Å². The molecule has 9 N–H and O–H groups in total. The van der Waals surface area contributed by atoms with E-state index in [0.717, 1.165) is 0 Å². The molecular weight excluding hydrogens is 426 g/mol. The molecule has 13 heteroatoms. The quantitative estimate of drug-likeness (QED) is 0.133. The van der Waals surface area contributed by atoms with Crippen LogP contribution in [0.1, 0.15) is 44.9 Å². The van der Waals surface area contributed by atoms with Crippen molar-refractivity contribution < 1.29 is 39.3 Å². The Kier molecular flexibility index (Phi) is 11.6. The van der Waals surface area contributed by atoms with Crippen LogP contribution in [0.2, 0.25) is 0 Å². The average Bonchev–Trinajstić information content (AvgIpc) is 3.24. The Balaban J connectivity index is 2.89. The Morgan fingerprint density at radius 2 is 1.72 bits per heavy atom. The number of amides is 3. The summed E-state index contributed by atoms with van der Waals surface area (Å²) in [5.41, 5.74) is 11.1. The minimum absolute atomic E-state index is 0.177. The van der Waals surface area contributed by atoms with Crippen LogP contribution in [0.3, 0.4) is 0 Å². The summed E-state index contributed by atoms with van der Waals surface area (Å²) in [5, 5.41) is 32.0. The van der Waals surface area contributed by atoms with E-state index >= 15 is 0 Å². The Bertz CT molecular complexity index is 689. The number of carbonyl (C=O) groups is 5. The third-order valence-electron chi connectivity index (χ3n) is 5.19. The van der Waals surface area contributed by atoms with E-state index in [0.29, 0.717) is 32.2 Å². The first-order valence-electron chi connectivity index (χ1n) is 10.5. The van der Waals surface area contributed by atoms with Crippen LogP contribution >= 0.6 is 0 Å². The van der Waals surface area contributed by atoms with Crippen molar-refractivity contribution in [2.24, 2.45) is 11.5 Å². The van der Waals surface area contributed by atoms with E-state index < -0.39 is 66.9 Å². The Labute approximate surface area is 185 Å². The van der Waals surface area contributed by atoms with Crippen molar-refractivity contribution in [3.63, 3.8) is 0 Å². The lowest BCUT2D eigenvalue weighted by atomic mass is 10.1. The molecule has 0 aromatic carbocycles. The van der Waals surface area contributed by atoms with Gasteiger partial charge in [-0.3, -0.25) is 19.2 Å². The normalized spacial score (nSPS) is 18.5. The molecule has 4 atom stereocenters. The van der Waals surface area contributed by atoms with Gasteiger partial charge in [-0.15, -0.1) is 0 Å². The first kappa shape index (κ1) is 27.3. The Hall–Kier alpha value is -2.77. The number of hydrogen-bond acceptors (Lipinski definition) is 8. The van der Waals surface area contributed by atoms with Crippen LogP contribution in [0, 0.1) is 0 Å². The summed E-state index contributed by atoms with van der Waals surface area (Å²) in [4.78, 5) is 61.3. The van der Waals surface area contributed by atoms with Crippen LogP contribution in [-0.2, 0) is 24.0 Å². The van der Waals surface area contributed by atoms with Crippen LogP contribution in [0.25, 0.3) is 0 Å². The highest BCUT2D eigenvalue weighted by molar-refractivity contribution is 5.94. The summed E-state index contributed by atoms with van der Waals surface area (Å²) < 4.78 is 0. The third kappa shape index (κ3) is 8.40. The minimum atomic E-state index is -1.43. The highest BCUT2D eigenvalue weighted by Gasteiger charge is 2.37. The number of likely N-dealkylation sites (tertiary alicyclic amines) is 1. The second-order valence-electron chi connectivity index (χ2n) is 7.66. The van der Waals surface area contributed by atoms with E-state index in [1.807, 2.05) is 0 Å². The lowest BCUT2D eigenvalue weighted by molar-refractivity contribution is -0.144. The number of aliphatic carboxylic acids is 2. The molecule has 1 fully saturated rings. The van der Waals surface area contributed by atoms with Crippen LogP contribution in [0.5, 0.6) is 0 Å². The van der Waals surface area contributed by atoms with Gasteiger partial charge in [0.2, 0.25) is 17.7 Å². The van der Waals surface area contributed by atoms with E-state index in [-0.39, 0.29) is 19.4 Å². The smallest absolute Gasteiger partial charge is 0.326 e. The monoisotopic (exact) mass is 459 g/mol. The molecule has 0 aliphatic carbocycles. The maximum absolute atomic E-state index is 12.8. The first-order valence-corrected chi connectivity index (χ1v) is 10.5. The molecule has 3 amide bonds. The number of unbranched alkanes of at least 4 members (excludes halogenated alkanes) is 1. The molecule has 0 spiro atoms. The zero-order valence-electron chi connectivity index (χ0n) is 17.9. The Morgan fingerprint density at radius 1 is 1.03 bits per heavy atom. The first-order chi connectivity index (χ1) is 15.1. The van der Waals surface area contributed by atoms with Gasteiger partial charge in [-0.1, -0.05) is 0 Å². The fourth-order valence-corrected chi connectivity index (χ4v) is 3.42. The molecule has 0 saturated carbocycles.